The third-order valence-electron chi connectivity index (χ3n) is 1.58. The molecule has 1 atom stereocenters. The Hall–Kier alpha value is -1.06. The molecule has 0 heterocycles. The number of hydrogen-bond donors (Lipinski definition) is 0. The summed E-state index contributed by atoms with van der Waals surface area (Å²) in [6, 6.07) is 0. The summed E-state index contributed by atoms with van der Waals surface area (Å²) in [7, 11) is 0. The molecule has 13 heavy (non-hydrogen) atoms. The molecule has 4 nitrogen and oxygen atoms in total. The van der Waals surface area contributed by atoms with E-state index in [1.165, 1.54) is 6.92 Å². The standard InChI is InChI=1S/C9H16O4/c1-3-4-5-6-12-9(11)8(2)13-7-10/h7-8H,3-6H2,1-2H3. The highest BCUT2D eigenvalue weighted by Gasteiger charge is 2.14. The molecule has 0 aromatic heterocycles. The van der Waals surface area contributed by atoms with Crippen molar-refractivity contribution in [2.75, 3.05) is 6.61 Å². The van der Waals surface area contributed by atoms with Crippen LogP contribution < -0.4 is 0 Å². The molecule has 0 fully saturated rings. The first-order valence-corrected chi connectivity index (χ1v) is 4.48. The minimum Gasteiger partial charge on any atom is -0.463 e. The van der Waals surface area contributed by atoms with E-state index >= 15 is 0 Å². The van der Waals surface area contributed by atoms with Crippen LogP contribution in [-0.2, 0) is 19.1 Å². The molecule has 1 unspecified atom stereocenters. The van der Waals surface area contributed by atoms with Crippen LogP contribution in [0.4, 0.5) is 0 Å². The first-order chi connectivity index (χ1) is 6.22. The van der Waals surface area contributed by atoms with Crippen molar-refractivity contribution in [2.24, 2.45) is 0 Å². The SMILES string of the molecule is CCCCCOC(=O)C(C)OC=O. The average Bonchev–Trinajstić information content (AvgIpc) is 2.12. The molecule has 0 aromatic rings. The van der Waals surface area contributed by atoms with Crippen LogP contribution in [0.25, 0.3) is 0 Å². The Morgan fingerprint density at radius 1 is 1.46 bits per heavy atom. The molecule has 0 bridgehead atoms. The van der Waals surface area contributed by atoms with E-state index in [0.717, 1.165) is 19.3 Å². The number of carbonyl (C=O) groups is 2. The van der Waals surface area contributed by atoms with Gasteiger partial charge >= 0.3 is 5.97 Å². The number of unbranched alkanes of at least 4 members (excludes halogenated alkanes) is 2. The molecule has 0 aliphatic heterocycles. The number of carbonyl (C=O) groups excluding carboxylic acids is 2. The largest absolute Gasteiger partial charge is 0.463 e. The number of hydrogen-bond acceptors (Lipinski definition) is 4. The molecule has 0 saturated carbocycles. The quantitative estimate of drug-likeness (QED) is 0.343. The van der Waals surface area contributed by atoms with Crippen LogP contribution in [0.3, 0.4) is 0 Å². The Balaban J connectivity index is 3.44. The molecule has 0 amide bonds. The first kappa shape index (κ1) is 11.9. The van der Waals surface area contributed by atoms with Crippen LogP contribution in [0.15, 0.2) is 0 Å². The second-order valence-corrected chi connectivity index (χ2v) is 2.75. The Kier molecular flexibility index (Phi) is 6.96. The van der Waals surface area contributed by atoms with E-state index < -0.39 is 12.1 Å². The normalized spacial score (nSPS) is 11.8. The van der Waals surface area contributed by atoms with Crippen LogP contribution in [-0.4, -0.2) is 25.2 Å². The van der Waals surface area contributed by atoms with Gasteiger partial charge in [0.2, 0.25) is 0 Å². The van der Waals surface area contributed by atoms with Crippen molar-refractivity contribution in [1.82, 2.24) is 0 Å². The van der Waals surface area contributed by atoms with Crippen LogP contribution in [0, 0.1) is 0 Å². The average molecular weight is 188 g/mol. The number of rotatable bonds is 7. The van der Waals surface area contributed by atoms with Gasteiger partial charge in [0.1, 0.15) is 0 Å². The van der Waals surface area contributed by atoms with Gasteiger partial charge in [0.25, 0.3) is 6.47 Å². The molecule has 76 valence electrons. The van der Waals surface area contributed by atoms with Crippen molar-refractivity contribution in [3.8, 4) is 0 Å². The van der Waals surface area contributed by atoms with E-state index in [4.69, 9.17) is 4.74 Å². The van der Waals surface area contributed by atoms with E-state index in [-0.39, 0.29) is 6.47 Å². The van der Waals surface area contributed by atoms with E-state index in [2.05, 4.69) is 11.7 Å². The summed E-state index contributed by atoms with van der Waals surface area (Å²) in [4.78, 5) is 20.9. The molecule has 0 aromatic carbocycles. The van der Waals surface area contributed by atoms with Gasteiger partial charge in [-0.3, -0.25) is 4.79 Å². The van der Waals surface area contributed by atoms with Gasteiger partial charge in [-0.15, -0.1) is 0 Å². The maximum atomic E-state index is 11.0. The number of esters is 1. The predicted octanol–water partition coefficient (Wildman–Crippen LogP) is 1.28. The fourth-order valence-corrected chi connectivity index (χ4v) is 0.781. The molecule has 0 aliphatic rings. The zero-order chi connectivity index (χ0) is 10.1. The van der Waals surface area contributed by atoms with E-state index in [1.807, 2.05) is 0 Å². The summed E-state index contributed by atoms with van der Waals surface area (Å²) < 4.78 is 9.24. The zero-order valence-electron chi connectivity index (χ0n) is 8.12. The van der Waals surface area contributed by atoms with Gasteiger partial charge in [0.05, 0.1) is 6.61 Å². The van der Waals surface area contributed by atoms with Crippen LogP contribution >= 0.6 is 0 Å². The lowest BCUT2D eigenvalue weighted by Gasteiger charge is -2.08. The lowest BCUT2D eigenvalue weighted by molar-refractivity contribution is -0.160. The molecular weight excluding hydrogens is 172 g/mol. The second-order valence-electron chi connectivity index (χ2n) is 2.75. The first-order valence-electron chi connectivity index (χ1n) is 4.48. The third-order valence-corrected chi connectivity index (χ3v) is 1.58. The summed E-state index contributed by atoms with van der Waals surface area (Å²) in [6.07, 6.45) is 2.18. The van der Waals surface area contributed by atoms with Gasteiger partial charge in [-0.2, -0.15) is 0 Å². The van der Waals surface area contributed by atoms with Crippen molar-refractivity contribution in [3.05, 3.63) is 0 Å². The lowest BCUT2D eigenvalue weighted by Crippen LogP contribution is -2.23. The fourth-order valence-electron chi connectivity index (χ4n) is 0.781. The summed E-state index contributed by atoms with van der Waals surface area (Å²) in [5.74, 6) is -0.483. The Morgan fingerprint density at radius 2 is 2.15 bits per heavy atom. The highest BCUT2D eigenvalue weighted by atomic mass is 16.6. The minimum absolute atomic E-state index is 0.248. The summed E-state index contributed by atoms with van der Waals surface area (Å²) in [6.45, 7) is 4.20. The van der Waals surface area contributed by atoms with Crippen molar-refractivity contribution in [1.29, 1.82) is 0 Å². The van der Waals surface area contributed by atoms with Gasteiger partial charge in [-0.1, -0.05) is 19.8 Å². The molecule has 0 aliphatic carbocycles. The van der Waals surface area contributed by atoms with Gasteiger partial charge in [0, 0.05) is 0 Å². The van der Waals surface area contributed by atoms with Crippen molar-refractivity contribution < 1.29 is 19.1 Å². The van der Waals surface area contributed by atoms with Gasteiger partial charge in [-0.25, -0.2) is 4.79 Å². The molecule has 0 spiro atoms. The van der Waals surface area contributed by atoms with Crippen LogP contribution in [0.1, 0.15) is 33.1 Å². The number of ether oxygens (including phenoxy) is 2. The Morgan fingerprint density at radius 3 is 2.69 bits per heavy atom. The maximum absolute atomic E-state index is 11.0. The van der Waals surface area contributed by atoms with E-state index in [1.54, 1.807) is 0 Å². The van der Waals surface area contributed by atoms with Crippen molar-refractivity contribution in [3.63, 3.8) is 0 Å². The van der Waals surface area contributed by atoms with Crippen molar-refractivity contribution >= 4 is 12.4 Å². The molecule has 0 rings (SSSR count). The summed E-state index contributed by atoms with van der Waals surface area (Å²) in [5.41, 5.74) is 0. The maximum Gasteiger partial charge on any atom is 0.347 e. The Labute approximate surface area is 78.2 Å². The van der Waals surface area contributed by atoms with Gasteiger partial charge < -0.3 is 9.47 Å². The van der Waals surface area contributed by atoms with Gasteiger partial charge in [0.15, 0.2) is 6.10 Å². The molecule has 0 saturated heterocycles. The molecule has 4 heteroatoms. The summed E-state index contributed by atoms with van der Waals surface area (Å²) >= 11 is 0. The highest BCUT2D eigenvalue weighted by Crippen LogP contribution is 1.97. The van der Waals surface area contributed by atoms with E-state index in [9.17, 15) is 9.59 Å². The van der Waals surface area contributed by atoms with Crippen LogP contribution in [0.2, 0.25) is 0 Å². The third kappa shape index (κ3) is 6.13. The topological polar surface area (TPSA) is 52.6 Å². The Bertz CT molecular complexity index is 156. The van der Waals surface area contributed by atoms with Crippen LogP contribution in [0.5, 0.6) is 0 Å². The van der Waals surface area contributed by atoms with E-state index in [0.29, 0.717) is 6.61 Å². The van der Waals surface area contributed by atoms with Crippen molar-refractivity contribution in [2.45, 2.75) is 39.2 Å². The minimum atomic E-state index is -0.792. The zero-order valence-corrected chi connectivity index (χ0v) is 8.12. The monoisotopic (exact) mass is 188 g/mol. The highest BCUT2D eigenvalue weighted by molar-refractivity contribution is 5.75. The lowest BCUT2D eigenvalue weighted by atomic mass is 10.3. The molecule has 0 radical (unpaired) electrons. The second kappa shape index (κ2) is 7.58. The van der Waals surface area contributed by atoms with Gasteiger partial charge in [-0.05, 0) is 13.3 Å². The molecule has 0 N–H and O–H groups in total. The predicted molar refractivity (Wildman–Crippen MR) is 47.1 cm³/mol. The smallest absolute Gasteiger partial charge is 0.347 e. The fraction of sp³-hybridized carbons (Fsp3) is 0.778. The summed E-state index contributed by atoms with van der Waals surface area (Å²) in [5, 5.41) is 0. The molecular formula is C9H16O4.